The Labute approximate surface area is 97.2 Å². The molecule has 0 aromatic rings. The molecular weight excluding hydrogens is 191 g/mol. The molecule has 5 N–H and O–H groups in total. The molecule has 0 aromatic heterocycles. The van der Waals surface area contributed by atoms with Crippen molar-refractivity contribution in [2.24, 2.45) is 0 Å². The maximum absolute atomic E-state index is 8.88. The van der Waals surface area contributed by atoms with Gasteiger partial charge in [0, 0.05) is 0 Å². The van der Waals surface area contributed by atoms with Gasteiger partial charge >= 0.3 is 68.6 Å². The standard InChI is InChI=1S/Ca.Mg.H3O4P.H2O2/c;;1-5(2,3)4;1-2/h;;(H3,1,2,3,4);1-2H/q2*+2;;. The van der Waals surface area contributed by atoms with Crippen LogP contribution >= 0.6 is 7.82 Å². The molecule has 0 saturated heterocycles. The summed E-state index contributed by atoms with van der Waals surface area (Å²) >= 11 is 0. The number of hydrogen-bond donors (Lipinski definition) is 5. The van der Waals surface area contributed by atoms with Crippen molar-refractivity contribution in [1.82, 2.24) is 0 Å². The molecule has 9 heavy (non-hydrogen) atoms. The Hall–Kier alpha value is 2.06. The predicted molar refractivity (Wildman–Crippen MR) is 31.0 cm³/mol. The van der Waals surface area contributed by atoms with E-state index in [0.717, 1.165) is 0 Å². The first kappa shape index (κ1) is 22.5. The van der Waals surface area contributed by atoms with Crippen LogP contribution < -0.4 is 0 Å². The van der Waals surface area contributed by atoms with Gasteiger partial charge in [0.25, 0.3) is 0 Å². The average Bonchev–Trinajstić information content (AvgIpc) is 1.36. The Kier molecular flexibility index (Phi) is 31.7. The zero-order chi connectivity index (χ0) is 6.50. The minimum Gasteiger partial charge on any atom is -0.303 e. The van der Waals surface area contributed by atoms with Crippen molar-refractivity contribution >= 4 is 68.6 Å². The summed E-state index contributed by atoms with van der Waals surface area (Å²) in [4.78, 5) is 21.6. The number of phosphoric acid groups is 1. The maximum Gasteiger partial charge on any atom is 2.00 e. The average molecular weight is 196 g/mol. The summed E-state index contributed by atoms with van der Waals surface area (Å²) in [5.41, 5.74) is 0. The smallest absolute Gasteiger partial charge is 0.303 e. The molecule has 0 heterocycles. The van der Waals surface area contributed by atoms with Gasteiger partial charge in [0.15, 0.2) is 0 Å². The Balaban J connectivity index is -0.0000000286. The van der Waals surface area contributed by atoms with E-state index >= 15 is 0 Å². The van der Waals surface area contributed by atoms with Crippen LogP contribution in [-0.4, -0.2) is 86.0 Å². The van der Waals surface area contributed by atoms with Crippen LogP contribution in [0.3, 0.4) is 0 Å². The summed E-state index contributed by atoms with van der Waals surface area (Å²) in [6, 6.07) is 0. The van der Waals surface area contributed by atoms with Gasteiger partial charge in [0.2, 0.25) is 0 Å². The SMILES string of the molecule is O=P(O)(O)O.OO.[Ca+2].[Mg+2]. The first-order valence-electron chi connectivity index (χ1n) is 0.983. The van der Waals surface area contributed by atoms with E-state index in [-0.39, 0.29) is 60.8 Å². The minimum atomic E-state index is -4.64. The van der Waals surface area contributed by atoms with E-state index in [4.69, 9.17) is 29.8 Å². The van der Waals surface area contributed by atoms with E-state index in [1.54, 1.807) is 0 Å². The van der Waals surface area contributed by atoms with Gasteiger partial charge in [-0.1, -0.05) is 0 Å². The van der Waals surface area contributed by atoms with Gasteiger partial charge in [-0.3, -0.25) is 10.5 Å². The molecule has 46 valence electrons. The third-order valence-corrected chi connectivity index (χ3v) is 0. The molecule has 0 amide bonds. The van der Waals surface area contributed by atoms with Crippen molar-refractivity contribution in [2.45, 2.75) is 0 Å². The largest absolute Gasteiger partial charge is 2.00 e. The Morgan fingerprint density at radius 1 is 1.00 bits per heavy atom. The van der Waals surface area contributed by atoms with Crippen molar-refractivity contribution < 1.29 is 29.8 Å². The molecule has 0 saturated carbocycles. The molecule has 0 rings (SSSR count). The van der Waals surface area contributed by atoms with Gasteiger partial charge in [-0.2, -0.15) is 0 Å². The quantitative estimate of drug-likeness (QED) is 0.137. The van der Waals surface area contributed by atoms with Crippen molar-refractivity contribution in [3.63, 3.8) is 0 Å². The molecular formula is H5CaMgO6P+4. The van der Waals surface area contributed by atoms with Crippen molar-refractivity contribution in [2.75, 3.05) is 0 Å². The van der Waals surface area contributed by atoms with Crippen molar-refractivity contribution in [3.8, 4) is 0 Å². The van der Waals surface area contributed by atoms with Gasteiger partial charge < -0.3 is 14.7 Å². The molecule has 0 aromatic carbocycles. The zero-order valence-electron chi connectivity index (χ0n) is 4.51. The van der Waals surface area contributed by atoms with E-state index in [0.29, 0.717) is 0 Å². The first-order chi connectivity index (χ1) is 3.00. The van der Waals surface area contributed by atoms with Gasteiger partial charge in [-0.15, -0.1) is 0 Å². The summed E-state index contributed by atoms with van der Waals surface area (Å²) < 4.78 is 8.88. The number of hydrogen-bond acceptors (Lipinski definition) is 3. The first-order valence-corrected chi connectivity index (χ1v) is 2.55. The van der Waals surface area contributed by atoms with Gasteiger partial charge in [0.05, 0.1) is 0 Å². The molecule has 0 bridgehead atoms. The second kappa shape index (κ2) is 12.7. The van der Waals surface area contributed by atoms with Crippen LogP contribution in [0.2, 0.25) is 0 Å². The molecule has 0 aliphatic carbocycles. The van der Waals surface area contributed by atoms with Crippen LogP contribution in [0.25, 0.3) is 0 Å². The zero-order valence-corrected chi connectivity index (χ0v) is 9.02. The van der Waals surface area contributed by atoms with E-state index in [1.807, 2.05) is 0 Å². The van der Waals surface area contributed by atoms with Crippen LogP contribution in [0.4, 0.5) is 0 Å². The van der Waals surface area contributed by atoms with Crippen molar-refractivity contribution in [3.05, 3.63) is 0 Å². The normalized spacial score (nSPS) is 7.22. The van der Waals surface area contributed by atoms with E-state index in [9.17, 15) is 0 Å². The summed E-state index contributed by atoms with van der Waals surface area (Å²) in [7, 11) is -4.64. The number of rotatable bonds is 0. The monoisotopic (exact) mass is 196 g/mol. The third-order valence-electron chi connectivity index (χ3n) is 0. The second-order valence-electron chi connectivity index (χ2n) is 0.513. The Morgan fingerprint density at radius 3 is 1.00 bits per heavy atom. The molecule has 0 atom stereocenters. The van der Waals surface area contributed by atoms with E-state index in [2.05, 4.69) is 0 Å². The predicted octanol–water partition coefficient (Wildman–Crippen LogP) is -1.67. The second-order valence-corrected chi connectivity index (χ2v) is 1.54. The molecule has 6 nitrogen and oxygen atoms in total. The molecule has 0 unspecified atom stereocenters. The molecule has 0 fully saturated rings. The summed E-state index contributed by atoms with van der Waals surface area (Å²) in [6.07, 6.45) is 0. The van der Waals surface area contributed by atoms with Gasteiger partial charge in [-0.05, 0) is 0 Å². The van der Waals surface area contributed by atoms with Crippen LogP contribution in [0, 0.1) is 0 Å². The van der Waals surface area contributed by atoms with Crippen LogP contribution in [0.1, 0.15) is 0 Å². The van der Waals surface area contributed by atoms with Crippen molar-refractivity contribution in [1.29, 1.82) is 0 Å². The summed E-state index contributed by atoms with van der Waals surface area (Å²) in [5.74, 6) is 0. The molecule has 9 heteroatoms. The van der Waals surface area contributed by atoms with E-state index < -0.39 is 7.82 Å². The third kappa shape index (κ3) is 154. The maximum atomic E-state index is 8.88. The van der Waals surface area contributed by atoms with Crippen LogP contribution in [-0.2, 0) is 4.57 Å². The fourth-order valence-electron chi connectivity index (χ4n) is 0. The van der Waals surface area contributed by atoms with Gasteiger partial charge in [-0.25, -0.2) is 4.57 Å². The molecule has 0 spiro atoms. The van der Waals surface area contributed by atoms with Crippen LogP contribution in [0.5, 0.6) is 0 Å². The Bertz CT molecular complexity index is 59.2. The minimum absolute atomic E-state index is 0. The molecule has 0 aliphatic heterocycles. The van der Waals surface area contributed by atoms with E-state index in [1.165, 1.54) is 0 Å². The fraction of sp³-hybridized carbons (Fsp3) is 0. The topological polar surface area (TPSA) is 118 Å². The van der Waals surface area contributed by atoms with Gasteiger partial charge in [0.1, 0.15) is 0 Å². The summed E-state index contributed by atoms with van der Waals surface area (Å²) in [6.45, 7) is 0. The summed E-state index contributed by atoms with van der Waals surface area (Å²) in [5, 5.41) is 12.0. The Morgan fingerprint density at radius 2 is 1.00 bits per heavy atom. The van der Waals surface area contributed by atoms with Crippen LogP contribution in [0.15, 0.2) is 0 Å². The molecule has 0 aliphatic rings. The fourth-order valence-corrected chi connectivity index (χ4v) is 0. The molecule has 0 radical (unpaired) electrons.